The van der Waals surface area contributed by atoms with E-state index in [1.54, 1.807) is 6.92 Å². The van der Waals surface area contributed by atoms with Gasteiger partial charge in [-0.1, -0.05) is 18.1 Å². The van der Waals surface area contributed by atoms with Gasteiger partial charge in [0.25, 0.3) is 0 Å². The van der Waals surface area contributed by atoms with Gasteiger partial charge in [-0.05, 0) is 36.6 Å². The molecule has 2 aromatic rings. The lowest BCUT2D eigenvalue weighted by Crippen LogP contribution is -2.17. The second-order valence-electron chi connectivity index (χ2n) is 5.43. The van der Waals surface area contributed by atoms with E-state index < -0.39 is 33.3 Å². The Bertz CT molecular complexity index is 774. The molecule has 0 radical (unpaired) electrons. The first-order chi connectivity index (χ1) is 10.8. The van der Waals surface area contributed by atoms with Gasteiger partial charge in [0.1, 0.15) is 11.6 Å². The van der Waals surface area contributed by atoms with Gasteiger partial charge >= 0.3 is 0 Å². The van der Waals surface area contributed by atoms with Crippen LogP contribution < -0.4 is 0 Å². The molecule has 0 bridgehead atoms. The van der Waals surface area contributed by atoms with Crippen molar-refractivity contribution in [1.82, 2.24) is 10.1 Å². The number of aliphatic hydroxyl groups is 1. The second kappa shape index (κ2) is 7.18. The average molecular weight is 342 g/mol. The Morgan fingerprint density at radius 2 is 2.13 bits per heavy atom. The Morgan fingerprint density at radius 3 is 2.78 bits per heavy atom. The lowest BCUT2D eigenvalue weighted by molar-refractivity contribution is 0.200. The van der Waals surface area contributed by atoms with Crippen LogP contribution in [-0.4, -0.2) is 29.4 Å². The van der Waals surface area contributed by atoms with Crippen molar-refractivity contribution in [3.8, 4) is 0 Å². The molecule has 0 fully saturated rings. The van der Waals surface area contributed by atoms with Gasteiger partial charge in [0.15, 0.2) is 15.7 Å². The fourth-order valence-electron chi connectivity index (χ4n) is 2.26. The van der Waals surface area contributed by atoms with Crippen molar-refractivity contribution >= 4 is 9.84 Å². The summed E-state index contributed by atoms with van der Waals surface area (Å²) in [6.45, 7) is 3.56. The molecule has 1 N–H and O–H groups in total. The van der Waals surface area contributed by atoms with Gasteiger partial charge in [-0.25, -0.2) is 12.8 Å². The van der Waals surface area contributed by atoms with Crippen molar-refractivity contribution < 1.29 is 22.4 Å². The van der Waals surface area contributed by atoms with Gasteiger partial charge in [0.2, 0.25) is 5.89 Å². The number of hydrogen-bond donors (Lipinski definition) is 1. The van der Waals surface area contributed by atoms with Gasteiger partial charge in [0.05, 0.1) is 11.9 Å². The van der Waals surface area contributed by atoms with Gasteiger partial charge in [-0.2, -0.15) is 4.98 Å². The molecule has 1 heterocycles. The van der Waals surface area contributed by atoms with Crippen LogP contribution in [0.15, 0.2) is 22.7 Å². The number of sulfone groups is 1. The van der Waals surface area contributed by atoms with Crippen molar-refractivity contribution in [1.29, 1.82) is 0 Å². The highest BCUT2D eigenvalue weighted by atomic mass is 32.2. The summed E-state index contributed by atoms with van der Waals surface area (Å²) >= 11 is 0. The van der Waals surface area contributed by atoms with E-state index in [4.69, 9.17) is 4.52 Å². The molecule has 126 valence electrons. The fourth-order valence-corrected chi connectivity index (χ4v) is 3.55. The maximum Gasteiger partial charge on any atom is 0.226 e. The predicted octanol–water partition coefficient (Wildman–Crippen LogP) is 2.12. The molecule has 23 heavy (non-hydrogen) atoms. The first-order valence-corrected chi connectivity index (χ1v) is 9.09. The zero-order valence-electron chi connectivity index (χ0n) is 13.0. The standard InChI is InChI=1S/C15H19FN2O4S/c1-3-4-15-17-14(18-22-15)9-23(20,21)8-13(19)12-6-5-11(16)7-10(12)2/h5-7,13,19H,3-4,8-9H2,1-2H3. The van der Waals surface area contributed by atoms with Gasteiger partial charge in [0, 0.05) is 6.42 Å². The van der Waals surface area contributed by atoms with E-state index in [0.717, 1.165) is 6.42 Å². The molecule has 6 nitrogen and oxygen atoms in total. The number of rotatable bonds is 7. The van der Waals surface area contributed by atoms with Crippen molar-refractivity contribution in [2.75, 3.05) is 5.75 Å². The van der Waals surface area contributed by atoms with E-state index in [0.29, 0.717) is 23.4 Å². The number of aromatic nitrogens is 2. The van der Waals surface area contributed by atoms with Crippen LogP contribution in [0.2, 0.25) is 0 Å². The number of halogens is 1. The fraction of sp³-hybridized carbons (Fsp3) is 0.467. The molecule has 0 aliphatic carbocycles. The van der Waals surface area contributed by atoms with Crippen LogP contribution in [0, 0.1) is 12.7 Å². The molecule has 0 aliphatic rings. The SMILES string of the molecule is CCCc1nc(CS(=O)(=O)CC(O)c2ccc(F)cc2C)no1. The second-order valence-corrected chi connectivity index (χ2v) is 7.53. The molecule has 1 atom stereocenters. The van der Waals surface area contributed by atoms with Crippen LogP contribution in [-0.2, 0) is 22.0 Å². The molecule has 0 amide bonds. The molecule has 0 aliphatic heterocycles. The van der Waals surface area contributed by atoms with E-state index in [-0.39, 0.29) is 5.82 Å². The zero-order valence-corrected chi connectivity index (χ0v) is 13.8. The molecular formula is C15H19FN2O4S. The first-order valence-electron chi connectivity index (χ1n) is 7.26. The Balaban J connectivity index is 2.07. The van der Waals surface area contributed by atoms with Crippen LogP contribution in [0.4, 0.5) is 4.39 Å². The smallest absolute Gasteiger partial charge is 0.226 e. The minimum absolute atomic E-state index is 0.0801. The summed E-state index contributed by atoms with van der Waals surface area (Å²) in [6, 6.07) is 3.83. The highest BCUT2D eigenvalue weighted by Gasteiger charge is 2.23. The third-order valence-electron chi connectivity index (χ3n) is 3.33. The van der Waals surface area contributed by atoms with Crippen molar-refractivity contribution in [2.45, 2.75) is 38.5 Å². The lowest BCUT2D eigenvalue weighted by Gasteiger charge is -2.13. The summed E-state index contributed by atoms with van der Waals surface area (Å²) in [7, 11) is -3.64. The normalized spacial score (nSPS) is 13.2. The van der Waals surface area contributed by atoms with Gasteiger partial charge in [-0.15, -0.1) is 0 Å². The van der Waals surface area contributed by atoms with Crippen LogP contribution in [0.1, 0.15) is 42.3 Å². The maximum absolute atomic E-state index is 13.1. The highest BCUT2D eigenvalue weighted by Crippen LogP contribution is 2.21. The molecule has 0 spiro atoms. The minimum Gasteiger partial charge on any atom is -0.387 e. The summed E-state index contributed by atoms with van der Waals surface area (Å²) in [4.78, 5) is 4.01. The number of nitrogens with zero attached hydrogens (tertiary/aromatic N) is 2. The molecule has 1 unspecified atom stereocenters. The molecule has 1 aromatic carbocycles. The third-order valence-corrected chi connectivity index (χ3v) is 4.85. The largest absolute Gasteiger partial charge is 0.387 e. The molecular weight excluding hydrogens is 323 g/mol. The van der Waals surface area contributed by atoms with Gasteiger partial charge < -0.3 is 9.63 Å². The van der Waals surface area contributed by atoms with Crippen molar-refractivity contribution in [3.63, 3.8) is 0 Å². The number of hydrogen-bond acceptors (Lipinski definition) is 6. The average Bonchev–Trinajstić information content (AvgIpc) is 2.84. The number of aryl methyl sites for hydroxylation is 2. The number of aliphatic hydroxyl groups excluding tert-OH is 1. The third kappa shape index (κ3) is 4.84. The monoisotopic (exact) mass is 342 g/mol. The van der Waals surface area contributed by atoms with Crippen LogP contribution in [0.5, 0.6) is 0 Å². The summed E-state index contributed by atoms with van der Waals surface area (Å²) in [5.74, 6) is -0.852. The molecule has 0 saturated heterocycles. The summed E-state index contributed by atoms with van der Waals surface area (Å²) in [5.41, 5.74) is 0.882. The quantitative estimate of drug-likeness (QED) is 0.828. The summed E-state index contributed by atoms with van der Waals surface area (Å²) < 4.78 is 42.4. The zero-order chi connectivity index (χ0) is 17.0. The van der Waals surface area contributed by atoms with Crippen molar-refractivity contribution in [2.24, 2.45) is 0 Å². The van der Waals surface area contributed by atoms with Crippen LogP contribution in [0.25, 0.3) is 0 Å². The summed E-state index contributed by atoms with van der Waals surface area (Å²) in [6.07, 6.45) is 0.170. The Labute approximate surface area is 134 Å². The van der Waals surface area contributed by atoms with E-state index >= 15 is 0 Å². The van der Waals surface area contributed by atoms with Crippen molar-refractivity contribution in [3.05, 3.63) is 46.9 Å². The Hall–Kier alpha value is -1.80. The van der Waals surface area contributed by atoms with E-state index in [1.165, 1.54) is 18.2 Å². The molecule has 0 saturated carbocycles. The van der Waals surface area contributed by atoms with E-state index in [1.807, 2.05) is 6.92 Å². The molecule has 8 heteroatoms. The topological polar surface area (TPSA) is 93.3 Å². The van der Waals surface area contributed by atoms with Crippen LogP contribution >= 0.6 is 0 Å². The van der Waals surface area contributed by atoms with Gasteiger partial charge in [-0.3, -0.25) is 0 Å². The molecule has 2 rings (SSSR count). The number of benzene rings is 1. The first kappa shape index (κ1) is 17.6. The lowest BCUT2D eigenvalue weighted by atomic mass is 10.0. The highest BCUT2D eigenvalue weighted by molar-refractivity contribution is 7.90. The van der Waals surface area contributed by atoms with E-state index in [2.05, 4.69) is 10.1 Å². The summed E-state index contributed by atoms with van der Waals surface area (Å²) in [5, 5.41) is 13.8. The minimum atomic E-state index is -3.64. The van der Waals surface area contributed by atoms with Crippen LogP contribution in [0.3, 0.4) is 0 Å². The Kier molecular flexibility index (Phi) is 5.48. The Morgan fingerprint density at radius 1 is 1.39 bits per heavy atom. The maximum atomic E-state index is 13.1. The van der Waals surface area contributed by atoms with E-state index in [9.17, 15) is 17.9 Å². The molecule has 1 aromatic heterocycles. The predicted molar refractivity (Wildman–Crippen MR) is 81.9 cm³/mol.